The Hall–Kier alpha value is -2.85. The number of benzene rings is 1. The zero-order chi connectivity index (χ0) is 27.9. The molecule has 38 heavy (non-hydrogen) atoms. The van der Waals surface area contributed by atoms with Gasteiger partial charge in [-0.3, -0.25) is 0 Å². The Kier molecular flexibility index (Phi) is 10.0. The van der Waals surface area contributed by atoms with E-state index in [1.54, 1.807) is 24.4 Å². The van der Waals surface area contributed by atoms with Gasteiger partial charge in [0.05, 0.1) is 19.3 Å². The molecule has 10 nitrogen and oxygen atoms in total. The van der Waals surface area contributed by atoms with E-state index in [2.05, 4.69) is 4.98 Å². The second-order valence-electron chi connectivity index (χ2n) is 8.55. The van der Waals surface area contributed by atoms with Crippen LogP contribution in [0, 0.1) is 5.82 Å². The number of aromatic nitrogens is 1. The third-order valence-electron chi connectivity index (χ3n) is 6.00. The summed E-state index contributed by atoms with van der Waals surface area (Å²) in [5, 5.41) is 7.12. The zero-order valence-electron chi connectivity index (χ0n) is 20.2. The van der Waals surface area contributed by atoms with Crippen molar-refractivity contribution in [1.82, 2.24) is 13.6 Å². The van der Waals surface area contributed by atoms with Crippen LogP contribution in [0.25, 0.3) is 0 Å². The van der Waals surface area contributed by atoms with Gasteiger partial charge >= 0.3 is 12.1 Å². The minimum absolute atomic E-state index is 0.0478. The molecule has 2 atom stereocenters. The minimum Gasteiger partial charge on any atom is -0.476 e. The lowest BCUT2D eigenvalue weighted by molar-refractivity contribution is -0.192. The van der Waals surface area contributed by atoms with E-state index in [0.717, 1.165) is 11.1 Å². The smallest absolute Gasteiger partial charge is 0.476 e. The van der Waals surface area contributed by atoms with Gasteiger partial charge in [0.25, 0.3) is 10.2 Å². The molecule has 2 unspecified atom stereocenters. The maximum atomic E-state index is 13.4. The summed E-state index contributed by atoms with van der Waals surface area (Å²) in [6, 6.07) is 9.44. The van der Waals surface area contributed by atoms with Gasteiger partial charge < -0.3 is 20.3 Å². The van der Waals surface area contributed by atoms with E-state index in [0.29, 0.717) is 51.7 Å². The summed E-state index contributed by atoms with van der Waals surface area (Å²) < 4.78 is 86.0. The van der Waals surface area contributed by atoms with E-state index < -0.39 is 22.4 Å². The molecule has 210 valence electrons. The van der Waals surface area contributed by atoms with Crippen molar-refractivity contribution in [3.63, 3.8) is 0 Å². The van der Waals surface area contributed by atoms with Crippen LogP contribution in [0.5, 0.6) is 5.88 Å². The molecule has 2 aliphatic rings. The Bertz CT molecular complexity index is 1180. The van der Waals surface area contributed by atoms with Gasteiger partial charge in [-0.15, -0.1) is 0 Å². The highest BCUT2D eigenvalue weighted by Gasteiger charge is 2.43. The van der Waals surface area contributed by atoms with E-state index in [-0.39, 0.29) is 24.4 Å². The van der Waals surface area contributed by atoms with E-state index in [9.17, 15) is 26.0 Å². The number of hydrogen-bond donors (Lipinski definition) is 2. The molecular weight excluding hydrogens is 536 g/mol. The van der Waals surface area contributed by atoms with Crippen molar-refractivity contribution in [2.24, 2.45) is 5.73 Å². The van der Waals surface area contributed by atoms with Gasteiger partial charge in [0.2, 0.25) is 5.88 Å². The molecule has 4 rings (SSSR count). The lowest BCUT2D eigenvalue weighted by atomic mass is 9.96. The molecule has 0 aliphatic carbocycles. The normalized spacial score (nSPS) is 21.0. The average molecular weight is 565 g/mol. The highest BCUT2D eigenvalue weighted by molar-refractivity contribution is 7.86. The second-order valence-corrected chi connectivity index (χ2v) is 10.4. The van der Waals surface area contributed by atoms with Crippen LogP contribution in [0.3, 0.4) is 0 Å². The average Bonchev–Trinajstić information content (AvgIpc) is 3.33. The van der Waals surface area contributed by atoms with Crippen molar-refractivity contribution in [3.8, 4) is 5.88 Å². The first kappa shape index (κ1) is 29.7. The summed E-state index contributed by atoms with van der Waals surface area (Å²) in [6.07, 6.45) is -2.89. The fourth-order valence-corrected chi connectivity index (χ4v) is 5.86. The van der Waals surface area contributed by atoms with E-state index in [1.165, 1.54) is 20.7 Å². The van der Waals surface area contributed by atoms with Crippen molar-refractivity contribution in [3.05, 3.63) is 59.5 Å². The summed E-state index contributed by atoms with van der Waals surface area (Å²) in [7, 11) is -3.69. The molecule has 3 heterocycles. The predicted octanol–water partition coefficient (Wildman–Crippen LogP) is 2.13. The highest BCUT2D eigenvalue weighted by Crippen LogP contribution is 2.35. The van der Waals surface area contributed by atoms with Crippen molar-refractivity contribution < 1.29 is 45.4 Å². The SMILES string of the molecule is NCc1ccnc(OCC2CC(c3ccc(F)cc3)CN2S(=O)(=O)N2CCOCC2)c1.O=C(O)C(F)(F)F. The van der Waals surface area contributed by atoms with Gasteiger partial charge in [-0.1, -0.05) is 12.1 Å². The number of aliphatic carboxylic acids is 1. The van der Waals surface area contributed by atoms with Crippen molar-refractivity contribution >= 4 is 16.2 Å². The quantitative estimate of drug-likeness (QED) is 0.489. The summed E-state index contributed by atoms with van der Waals surface area (Å²) in [5.41, 5.74) is 7.48. The van der Waals surface area contributed by atoms with E-state index in [1.807, 2.05) is 6.07 Å². The number of morpholine rings is 1. The number of pyridine rings is 1. The molecule has 1 aromatic heterocycles. The van der Waals surface area contributed by atoms with Crippen LogP contribution in [0.2, 0.25) is 0 Å². The lowest BCUT2D eigenvalue weighted by Crippen LogP contribution is -2.51. The highest BCUT2D eigenvalue weighted by atomic mass is 32.2. The van der Waals surface area contributed by atoms with Crippen molar-refractivity contribution in [2.45, 2.75) is 31.1 Å². The standard InChI is InChI=1S/C21H27FN4O4S.C2HF3O2/c22-19-3-1-17(2-4-19)18-12-20(15-30-21-11-16(13-23)5-6-24-21)26(14-18)31(27,28)25-7-9-29-10-8-25;3-2(4,5)1(6)7/h1-6,11,18,20H,7-10,12-15,23H2;(H,6,7). The van der Waals surface area contributed by atoms with Gasteiger partial charge in [0.1, 0.15) is 12.4 Å². The molecule has 1 aromatic carbocycles. The Morgan fingerprint density at radius 3 is 2.39 bits per heavy atom. The maximum absolute atomic E-state index is 13.4. The number of ether oxygens (including phenoxy) is 2. The Balaban J connectivity index is 0.000000505. The van der Waals surface area contributed by atoms with Gasteiger partial charge in [0, 0.05) is 38.4 Å². The molecule has 0 radical (unpaired) electrons. The first-order chi connectivity index (χ1) is 17.9. The van der Waals surface area contributed by atoms with Crippen LogP contribution in [-0.2, 0) is 26.3 Å². The molecule has 0 saturated carbocycles. The van der Waals surface area contributed by atoms with Crippen LogP contribution < -0.4 is 10.5 Å². The molecule has 2 fully saturated rings. The van der Waals surface area contributed by atoms with E-state index in [4.69, 9.17) is 25.1 Å². The number of carbonyl (C=O) groups is 1. The largest absolute Gasteiger partial charge is 0.490 e. The molecule has 15 heteroatoms. The van der Waals surface area contributed by atoms with Crippen LogP contribution in [0.1, 0.15) is 23.5 Å². The third kappa shape index (κ3) is 7.83. The molecular formula is C23H28F4N4O6S. The third-order valence-corrected chi connectivity index (χ3v) is 8.06. The summed E-state index contributed by atoms with van der Waals surface area (Å²) >= 11 is 0. The topological polar surface area (TPSA) is 135 Å². The molecule has 2 aliphatic heterocycles. The fraction of sp³-hybridized carbons (Fsp3) is 0.478. The predicted molar refractivity (Wildman–Crippen MR) is 127 cm³/mol. The van der Waals surface area contributed by atoms with Gasteiger partial charge in [-0.25, -0.2) is 14.2 Å². The molecule has 2 saturated heterocycles. The molecule has 0 spiro atoms. The zero-order valence-corrected chi connectivity index (χ0v) is 21.0. The molecule has 0 bridgehead atoms. The first-order valence-electron chi connectivity index (χ1n) is 11.6. The maximum Gasteiger partial charge on any atom is 0.490 e. The number of carboxylic acids is 1. The number of hydrogen-bond acceptors (Lipinski definition) is 7. The monoisotopic (exact) mass is 564 g/mol. The number of nitrogens with zero attached hydrogens (tertiary/aromatic N) is 3. The Labute approximate surface area is 217 Å². The van der Waals surface area contributed by atoms with E-state index >= 15 is 0 Å². The van der Waals surface area contributed by atoms with Crippen molar-refractivity contribution in [1.29, 1.82) is 0 Å². The molecule has 3 N–H and O–H groups in total. The Morgan fingerprint density at radius 1 is 1.18 bits per heavy atom. The van der Waals surface area contributed by atoms with Crippen LogP contribution in [-0.4, -0.2) is 84.8 Å². The molecule has 0 amide bonds. The summed E-state index contributed by atoms with van der Waals surface area (Å²) in [6.45, 7) is 2.27. The number of carboxylic acid groups (broad SMARTS) is 1. The summed E-state index contributed by atoms with van der Waals surface area (Å²) in [5.74, 6) is -2.71. The van der Waals surface area contributed by atoms with Crippen LogP contribution >= 0.6 is 0 Å². The number of nitrogens with two attached hydrogens (primary N) is 1. The second kappa shape index (κ2) is 12.8. The Morgan fingerprint density at radius 2 is 1.82 bits per heavy atom. The number of alkyl halides is 3. The van der Waals surface area contributed by atoms with Crippen LogP contribution in [0.4, 0.5) is 17.6 Å². The van der Waals surface area contributed by atoms with Gasteiger partial charge in [-0.2, -0.15) is 30.2 Å². The number of rotatable bonds is 7. The van der Waals surface area contributed by atoms with Gasteiger partial charge in [-0.05, 0) is 41.7 Å². The van der Waals surface area contributed by atoms with Crippen LogP contribution in [0.15, 0.2) is 42.6 Å². The minimum atomic E-state index is -5.08. The van der Waals surface area contributed by atoms with Crippen molar-refractivity contribution in [2.75, 3.05) is 39.5 Å². The lowest BCUT2D eigenvalue weighted by Gasteiger charge is -2.32. The molecule has 2 aromatic rings. The van der Waals surface area contributed by atoms with Gasteiger partial charge in [0.15, 0.2) is 0 Å². The number of halogens is 4. The fourth-order valence-electron chi connectivity index (χ4n) is 4.06. The first-order valence-corrected chi connectivity index (χ1v) is 13.0. The summed E-state index contributed by atoms with van der Waals surface area (Å²) in [4.78, 5) is 13.1.